The smallest absolute Gasteiger partial charge is 0.0485 e. The van der Waals surface area contributed by atoms with Crippen LogP contribution in [0.15, 0.2) is 72.9 Å². The minimum absolute atomic E-state index is 0.188. The second-order valence-corrected chi connectivity index (χ2v) is 6.63. The highest BCUT2D eigenvalue weighted by Gasteiger charge is 2.28. The maximum atomic E-state index is 6.45. The highest BCUT2D eigenvalue weighted by Crippen LogP contribution is 2.32. The molecule has 2 atom stereocenters. The van der Waals surface area contributed by atoms with E-state index in [1.54, 1.807) is 0 Å². The number of nitrogens with two attached hydrogens (primary N) is 1. The number of aromatic nitrogens is 1. The van der Waals surface area contributed by atoms with Crippen LogP contribution in [0.1, 0.15) is 29.2 Å². The predicted molar refractivity (Wildman–Crippen MR) is 98.9 cm³/mol. The molecular formula is C22H22N2. The summed E-state index contributed by atoms with van der Waals surface area (Å²) >= 11 is 0. The summed E-state index contributed by atoms with van der Waals surface area (Å²) in [5.41, 5.74) is 12.9. The van der Waals surface area contributed by atoms with Crippen molar-refractivity contribution in [1.29, 1.82) is 0 Å². The normalized spacial score (nSPS) is 19.7. The summed E-state index contributed by atoms with van der Waals surface area (Å²) in [6.07, 6.45) is 4.93. The van der Waals surface area contributed by atoms with Gasteiger partial charge in [-0.05, 0) is 47.6 Å². The Bertz CT molecular complexity index is 826. The molecule has 0 saturated carbocycles. The minimum Gasteiger partial charge on any atom is -0.327 e. The lowest BCUT2D eigenvalue weighted by atomic mass is 9.79. The van der Waals surface area contributed by atoms with Crippen LogP contribution in [0, 0.1) is 0 Å². The third-order valence-electron chi connectivity index (χ3n) is 5.03. The van der Waals surface area contributed by atoms with Gasteiger partial charge in [-0.25, -0.2) is 0 Å². The van der Waals surface area contributed by atoms with Gasteiger partial charge < -0.3 is 5.73 Å². The fourth-order valence-electron chi connectivity index (χ4n) is 3.73. The highest BCUT2D eigenvalue weighted by molar-refractivity contribution is 5.64. The van der Waals surface area contributed by atoms with Crippen molar-refractivity contribution >= 4 is 0 Å². The van der Waals surface area contributed by atoms with Crippen molar-refractivity contribution < 1.29 is 0 Å². The minimum atomic E-state index is 0.188. The van der Waals surface area contributed by atoms with Gasteiger partial charge in [-0.15, -0.1) is 0 Å². The number of benzene rings is 2. The van der Waals surface area contributed by atoms with Gasteiger partial charge >= 0.3 is 0 Å². The largest absolute Gasteiger partial charge is 0.327 e. The third kappa shape index (κ3) is 2.98. The monoisotopic (exact) mass is 314 g/mol. The average molecular weight is 314 g/mol. The number of nitrogens with zero attached hydrogens (tertiary/aromatic N) is 1. The second-order valence-electron chi connectivity index (χ2n) is 6.63. The fourth-order valence-corrected chi connectivity index (χ4v) is 3.73. The predicted octanol–water partition coefficient (Wildman–Crippen LogP) is 4.35. The molecule has 1 heterocycles. The Morgan fingerprint density at radius 1 is 0.917 bits per heavy atom. The van der Waals surface area contributed by atoms with Crippen LogP contribution in [0.5, 0.6) is 0 Å². The van der Waals surface area contributed by atoms with Crippen molar-refractivity contribution in [1.82, 2.24) is 4.98 Å². The van der Waals surface area contributed by atoms with E-state index in [1.165, 1.54) is 27.9 Å². The lowest BCUT2D eigenvalue weighted by molar-refractivity contribution is 0.456. The van der Waals surface area contributed by atoms with Crippen LogP contribution in [0.4, 0.5) is 0 Å². The van der Waals surface area contributed by atoms with Gasteiger partial charge in [-0.2, -0.15) is 0 Å². The highest BCUT2D eigenvalue weighted by atomic mass is 14.8. The summed E-state index contributed by atoms with van der Waals surface area (Å²) in [5, 5.41) is 0. The fraction of sp³-hybridized carbons (Fsp3) is 0.227. The molecule has 120 valence electrons. The first kappa shape index (κ1) is 15.1. The van der Waals surface area contributed by atoms with Gasteiger partial charge in [-0.3, -0.25) is 4.98 Å². The number of fused-ring (bicyclic) bond motifs is 1. The summed E-state index contributed by atoms with van der Waals surface area (Å²) in [6, 6.07) is 23.8. The molecule has 0 spiro atoms. The van der Waals surface area contributed by atoms with E-state index in [-0.39, 0.29) is 6.04 Å². The number of aryl methyl sites for hydroxylation is 1. The van der Waals surface area contributed by atoms with Crippen molar-refractivity contribution in [3.63, 3.8) is 0 Å². The third-order valence-corrected chi connectivity index (χ3v) is 5.03. The molecule has 3 aromatic rings. The van der Waals surface area contributed by atoms with Crippen LogP contribution in [0.3, 0.4) is 0 Å². The van der Waals surface area contributed by atoms with Crippen LogP contribution in [-0.4, -0.2) is 11.0 Å². The Morgan fingerprint density at radius 3 is 2.62 bits per heavy atom. The Balaban J connectivity index is 1.64. The maximum Gasteiger partial charge on any atom is 0.0485 e. The zero-order valence-corrected chi connectivity index (χ0v) is 13.7. The Hall–Kier alpha value is -2.45. The van der Waals surface area contributed by atoms with Crippen molar-refractivity contribution in [3.8, 4) is 11.1 Å². The van der Waals surface area contributed by atoms with E-state index in [0.717, 1.165) is 19.3 Å². The van der Waals surface area contributed by atoms with E-state index < -0.39 is 0 Å². The van der Waals surface area contributed by atoms with E-state index in [4.69, 9.17) is 5.73 Å². The summed E-state index contributed by atoms with van der Waals surface area (Å²) in [6.45, 7) is 0. The molecule has 1 aliphatic rings. The first-order chi connectivity index (χ1) is 11.8. The zero-order valence-electron chi connectivity index (χ0n) is 13.7. The van der Waals surface area contributed by atoms with E-state index in [0.29, 0.717) is 5.92 Å². The van der Waals surface area contributed by atoms with E-state index in [1.807, 2.05) is 12.3 Å². The van der Waals surface area contributed by atoms with Crippen LogP contribution < -0.4 is 5.73 Å². The Morgan fingerprint density at radius 2 is 1.75 bits per heavy atom. The number of hydrogen-bond acceptors (Lipinski definition) is 2. The Kier molecular flexibility index (Phi) is 4.14. The molecule has 24 heavy (non-hydrogen) atoms. The standard InChI is InChI=1S/C22H22N2/c23-21-12-11-18-10-5-13-24-22(18)20(21)15-16-6-4-9-19(14-16)17-7-2-1-3-8-17/h1-10,13-14,20-21H,11-12,15,23H2/t20-,21-/m0/s1. The van der Waals surface area contributed by atoms with Gasteiger partial charge in [0.05, 0.1) is 0 Å². The van der Waals surface area contributed by atoms with Gasteiger partial charge in [0.1, 0.15) is 0 Å². The Labute approximate surface area is 143 Å². The van der Waals surface area contributed by atoms with Crippen molar-refractivity contribution in [2.75, 3.05) is 0 Å². The lowest BCUT2D eigenvalue weighted by Crippen LogP contribution is -2.35. The van der Waals surface area contributed by atoms with Crippen LogP contribution in [0.2, 0.25) is 0 Å². The number of hydrogen-bond donors (Lipinski definition) is 1. The number of rotatable bonds is 3. The summed E-state index contributed by atoms with van der Waals surface area (Å²) in [5.74, 6) is 0.306. The molecule has 4 rings (SSSR count). The van der Waals surface area contributed by atoms with Crippen molar-refractivity contribution in [3.05, 3.63) is 89.7 Å². The molecule has 0 saturated heterocycles. The molecule has 0 unspecified atom stereocenters. The van der Waals surface area contributed by atoms with Crippen LogP contribution >= 0.6 is 0 Å². The summed E-state index contributed by atoms with van der Waals surface area (Å²) < 4.78 is 0. The molecular weight excluding hydrogens is 292 g/mol. The molecule has 2 N–H and O–H groups in total. The molecule has 0 radical (unpaired) electrons. The number of pyridine rings is 1. The summed E-state index contributed by atoms with van der Waals surface area (Å²) in [4.78, 5) is 4.65. The molecule has 0 fully saturated rings. The van der Waals surface area contributed by atoms with Crippen molar-refractivity contribution in [2.24, 2.45) is 5.73 Å². The molecule has 1 aromatic heterocycles. The van der Waals surface area contributed by atoms with E-state index in [9.17, 15) is 0 Å². The molecule has 1 aliphatic carbocycles. The van der Waals surface area contributed by atoms with Gasteiger partial charge in [-0.1, -0.05) is 60.7 Å². The quantitative estimate of drug-likeness (QED) is 0.780. The SMILES string of the molecule is N[C@H]1CCc2cccnc2[C@H]1Cc1cccc(-c2ccccc2)c1. The molecule has 0 aliphatic heterocycles. The molecule has 2 heteroatoms. The first-order valence-electron chi connectivity index (χ1n) is 8.65. The molecule has 0 bridgehead atoms. The van der Waals surface area contributed by atoms with Crippen LogP contribution in [-0.2, 0) is 12.8 Å². The van der Waals surface area contributed by atoms with Gasteiger partial charge in [0.2, 0.25) is 0 Å². The molecule has 2 aromatic carbocycles. The van der Waals surface area contributed by atoms with Gasteiger partial charge in [0, 0.05) is 23.9 Å². The van der Waals surface area contributed by atoms with E-state index in [2.05, 4.69) is 65.6 Å². The van der Waals surface area contributed by atoms with Crippen LogP contribution in [0.25, 0.3) is 11.1 Å². The topological polar surface area (TPSA) is 38.9 Å². The van der Waals surface area contributed by atoms with Gasteiger partial charge in [0.15, 0.2) is 0 Å². The summed E-state index contributed by atoms with van der Waals surface area (Å²) in [7, 11) is 0. The lowest BCUT2D eigenvalue weighted by Gasteiger charge is -2.30. The molecule has 2 nitrogen and oxygen atoms in total. The first-order valence-corrected chi connectivity index (χ1v) is 8.65. The van der Waals surface area contributed by atoms with Gasteiger partial charge in [0.25, 0.3) is 0 Å². The van der Waals surface area contributed by atoms with E-state index >= 15 is 0 Å². The second kappa shape index (κ2) is 6.58. The zero-order chi connectivity index (χ0) is 16.4. The van der Waals surface area contributed by atoms with Crippen molar-refractivity contribution in [2.45, 2.75) is 31.2 Å². The average Bonchev–Trinajstić information content (AvgIpc) is 2.65. The molecule has 0 amide bonds. The maximum absolute atomic E-state index is 6.45.